The summed E-state index contributed by atoms with van der Waals surface area (Å²) < 4.78 is 28.9. The van der Waals surface area contributed by atoms with Crippen LogP contribution in [0, 0.1) is 0 Å². The van der Waals surface area contributed by atoms with Crippen LogP contribution < -0.4 is 15.4 Å². The first-order valence-corrected chi connectivity index (χ1v) is 7.25. The van der Waals surface area contributed by atoms with Gasteiger partial charge in [-0.2, -0.15) is 8.78 Å². The van der Waals surface area contributed by atoms with Crippen LogP contribution in [-0.2, 0) is 6.42 Å². The standard InChI is InChI=1S/C15H20F2N2O3/c1-9(8-20)18-15(21)19-13-4-2-3-10-7-11(22-14(16)17)5-6-12(10)13/h5-7,9,13-14,20H,2-4,8H2,1H3,(H2,18,19,21). The van der Waals surface area contributed by atoms with Crippen molar-refractivity contribution < 1.29 is 23.4 Å². The van der Waals surface area contributed by atoms with Gasteiger partial charge < -0.3 is 20.5 Å². The Kier molecular flexibility index (Phi) is 5.54. The van der Waals surface area contributed by atoms with Crippen LogP contribution in [0.15, 0.2) is 18.2 Å². The summed E-state index contributed by atoms with van der Waals surface area (Å²) in [6, 6.07) is 3.95. The number of carbonyl (C=O) groups excluding carboxylic acids is 1. The van der Waals surface area contributed by atoms with E-state index in [0.717, 1.165) is 30.4 Å². The Labute approximate surface area is 127 Å². The number of aliphatic hydroxyl groups excluding tert-OH is 1. The van der Waals surface area contributed by atoms with Gasteiger partial charge in [-0.3, -0.25) is 0 Å². The molecule has 7 heteroatoms. The molecule has 3 N–H and O–H groups in total. The smallest absolute Gasteiger partial charge is 0.387 e. The van der Waals surface area contributed by atoms with Gasteiger partial charge in [-0.1, -0.05) is 6.07 Å². The molecule has 0 saturated heterocycles. The molecule has 0 aromatic heterocycles. The van der Waals surface area contributed by atoms with Gasteiger partial charge in [0, 0.05) is 0 Å². The Balaban J connectivity index is 2.06. The van der Waals surface area contributed by atoms with Crippen molar-refractivity contribution >= 4 is 6.03 Å². The maximum atomic E-state index is 12.2. The van der Waals surface area contributed by atoms with Crippen molar-refractivity contribution in [2.75, 3.05) is 6.61 Å². The summed E-state index contributed by atoms with van der Waals surface area (Å²) in [4.78, 5) is 11.8. The predicted molar refractivity (Wildman–Crippen MR) is 77.0 cm³/mol. The zero-order valence-corrected chi connectivity index (χ0v) is 12.3. The summed E-state index contributed by atoms with van der Waals surface area (Å²) in [5, 5.41) is 14.4. The van der Waals surface area contributed by atoms with E-state index < -0.39 is 6.61 Å². The number of aliphatic hydroxyl groups is 1. The van der Waals surface area contributed by atoms with Gasteiger partial charge in [0.2, 0.25) is 0 Å². The minimum atomic E-state index is -2.85. The number of hydrogen-bond acceptors (Lipinski definition) is 3. The summed E-state index contributed by atoms with van der Waals surface area (Å²) in [6.07, 6.45) is 2.40. The molecule has 1 aromatic rings. The maximum absolute atomic E-state index is 12.2. The highest BCUT2D eigenvalue weighted by Crippen LogP contribution is 2.32. The number of urea groups is 1. The van der Waals surface area contributed by atoms with Crippen molar-refractivity contribution in [3.8, 4) is 5.75 Å². The van der Waals surface area contributed by atoms with E-state index in [9.17, 15) is 13.6 Å². The van der Waals surface area contributed by atoms with E-state index in [-0.39, 0.29) is 30.5 Å². The molecule has 0 radical (unpaired) electrons. The van der Waals surface area contributed by atoms with Gasteiger partial charge in [-0.05, 0) is 49.4 Å². The van der Waals surface area contributed by atoms with Gasteiger partial charge in [0.1, 0.15) is 5.75 Å². The lowest BCUT2D eigenvalue weighted by Crippen LogP contribution is -2.44. The van der Waals surface area contributed by atoms with Crippen molar-refractivity contribution in [3.05, 3.63) is 29.3 Å². The fourth-order valence-electron chi connectivity index (χ4n) is 2.59. The highest BCUT2D eigenvalue weighted by Gasteiger charge is 2.23. The number of nitrogens with one attached hydrogen (secondary N) is 2. The SMILES string of the molecule is CC(CO)NC(=O)NC1CCCc2cc(OC(F)F)ccc21. The zero-order valence-electron chi connectivity index (χ0n) is 12.3. The molecule has 22 heavy (non-hydrogen) atoms. The van der Waals surface area contributed by atoms with Crippen molar-refractivity contribution in [2.24, 2.45) is 0 Å². The third-order valence-corrected chi connectivity index (χ3v) is 3.61. The fourth-order valence-corrected chi connectivity index (χ4v) is 2.59. The molecule has 2 atom stereocenters. The molecule has 5 nitrogen and oxygen atoms in total. The quantitative estimate of drug-likeness (QED) is 0.781. The molecule has 122 valence electrons. The fraction of sp³-hybridized carbons (Fsp3) is 0.533. The summed E-state index contributed by atoms with van der Waals surface area (Å²) >= 11 is 0. The Hall–Kier alpha value is -1.89. The number of benzene rings is 1. The number of rotatable bonds is 5. The highest BCUT2D eigenvalue weighted by atomic mass is 19.3. The van der Waals surface area contributed by atoms with Crippen LogP contribution in [0.5, 0.6) is 5.75 Å². The second-order valence-corrected chi connectivity index (χ2v) is 5.39. The number of alkyl halides is 2. The van der Waals surface area contributed by atoms with Crippen LogP contribution in [-0.4, -0.2) is 30.4 Å². The largest absolute Gasteiger partial charge is 0.435 e. The van der Waals surface area contributed by atoms with E-state index in [2.05, 4.69) is 15.4 Å². The van der Waals surface area contributed by atoms with Crippen LogP contribution in [0.25, 0.3) is 0 Å². The molecule has 0 heterocycles. The summed E-state index contributed by atoms with van der Waals surface area (Å²) in [5.41, 5.74) is 1.82. The number of aryl methyl sites for hydroxylation is 1. The van der Waals surface area contributed by atoms with Crippen molar-refractivity contribution in [1.29, 1.82) is 0 Å². The highest BCUT2D eigenvalue weighted by molar-refractivity contribution is 5.74. The minimum absolute atomic E-state index is 0.132. The van der Waals surface area contributed by atoms with Crippen LogP contribution >= 0.6 is 0 Å². The van der Waals surface area contributed by atoms with Gasteiger partial charge >= 0.3 is 12.6 Å². The second-order valence-electron chi connectivity index (χ2n) is 5.39. The van der Waals surface area contributed by atoms with Crippen LogP contribution in [0.2, 0.25) is 0 Å². The third kappa shape index (κ3) is 4.30. The minimum Gasteiger partial charge on any atom is -0.435 e. The molecule has 2 amide bonds. The lowest BCUT2D eigenvalue weighted by molar-refractivity contribution is -0.0499. The summed E-state index contributed by atoms with van der Waals surface area (Å²) in [6.45, 7) is -1.29. The number of fused-ring (bicyclic) bond motifs is 1. The van der Waals surface area contributed by atoms with Crippen LogP contribution in [0.1, 0.15) is 36.9 Å². The molecule has 0 bridgehead atoms. The molecule has 0 spiro atoms. The number of carbonyl (C=O) groups is 1. The molecule has 0 saturated carbocycles. The molecule has 1 aliphatic carbocycles. The average Bonchev–Trinajstić information content (AvgIpc) is 2.46. The summed E-state index contributed by atoms with van der Waals surface area (Å²) in [5.74, 6) is 0.132. The average molecular weight is 314 g/mol. The number of amides is 2. The van der Waals surface area contributed by atoms with Gasteiger partial charge in [-0.25, -0.2) is 4.79 Å². The first-order valence-electron chi connectivity index (χ1n) is 7.25. The molecule has 0 fully saturated rings. The first kappa shape index (κ1) is 16.5. The van der Waals surface area contributed by atoms with Gasteiger partial charge in [0.05, 0.1) is 18.7 Å². The van der Waals surface area contributed by atoms with Crippen molar-refractivity contribution in [1.82, 2.24) is 10.6 Å². The molecule has 1 aliphatic rings. The number of halogens is 2. The monoisotopic (exact) mass is 314 g/mol. The normalized spacial score (nSPS) is 18.5. The van der Waals surface area contributed by atoms with E-state index in [1.807, 2.05) is 0 Å². The van der Waals surface area contributed by atoms with E-state index in [1.165, 1.54) is 6.07 Å². The van der Waals surface area contributed by atoms with Crippen molar-refractivity contribution in [2.45, 2.75) is 44.9 Å². The maximum Gasteiger partial charge on any atom is 0.387 e. The first-order chi connectivity index (χ1) is 10.5. The molecule has 1 aromatic carbocycles. The topological polar surface area (TPSA) is 70.6 Å². The van der Waals surface area contributed by atoms with Gasteiger partial charge in [-0.15, -0.1) is 0 Å². The Morgan fingerprint density at radius 2 is 2.27 bits per heavy atom. The van der Waals surface area contributed by atoms with Crippen LogP contribution in [0.4, 0.5) is 13.6 Å². The number of ether oxygens (including phenoxy) is 1. The molecule has 0 aliphatic heterocycles. The van der Waals surface area contributed by atoms with Gasteiger partial charge in [0.15, 0.2) is 0 Å². The third-order valence-electron chi connectivity index (χ3n) is 3.61. The zero-order chi connectivity index (χ0) is 16.1. The Bertz CT molecular complexity index is 526. The van der Waals surface area contributed by atoms with E-state index >= 15 is 0 Å². The molecular formula is C15H20F2N2O3. The van der Waals surface area contributed by atoms with E-state index in [0.29, 0.717) is 0 Å². The molecular weight excluding hydrogens is 294 g/mol. The molecule has 2 unspecified atom stereocenters. The lowest BCUT2D eigenvalue weighted by Gasteiger charge is -2.27. The lowest BCUT2D eigenvalue weighted by atomic mass is 9.87. The van der Waals surface area contributed by atoms with Gasteiger partial charge in [0.25, 0.3) is 0 Å². The van der Waals surface area contributed by atoms with E-state index in [4.69, 9.17) is 5.11 Å². The predicted octanol–water partition coefficient (Wildman–Crippen LogP) is 2.35. The Morgan fingerprint density at radius 1 is 1.50 bits per heavy atom. The summed E-state index contributed by atoms with van der Waals surface area (Å²) in [7, 11) is 0. The second kappa shape index (κ2) is 7.40. The van der Waals surface area contributed by atoms with E-state index in [1.54, 1.807) is 19.1 Å². The molecule has 2 rings (SSSR count). The van der Waals surface area contributed by atoms with Crippen LogP contribution in [0.3, 0.4) is 0 Å². The Morgan fingerprint density at radius 3 is 2.95 bits per heavy atom. The number of hydrogen-bond donors (Lipinski definition) is 3. The van der Waals surface area contributed by atoms with Crippen molar-refractivity contribution in [3.63, 3.8) is 0 Å².